The molecule has 25 heavy (non-hydrogen) atoms. The number of esters is 2. The van der Waals surface area contributed by atoms with Crippen LogP contribution in [0.15, 0.2) is 30.3 Å². The standard InChI is InChI=1S/C18H21NO6/c1-4-12-18(15(20)23-5-2,16(21)24-6-3)19-17(22)25-13-14-10-8-7-9-11-14/h7-11H,5-6,13H2,1-3H3,(H,19,22). The fourth-order valence-electron chi connectivity index (χ4n) is 1.90. The van der Waals surface area contributed by atoms with Crippen LogP contribution < -0.4 is 5.32 Å². The molecule has 0 bridgehead atoms. The van der Waals surface area contributed by atoms with Gasteiger partial charge in [-0.3, -0.25) is 5.32 Å². The summed E-state index contributed by atoms with van der Waals surface area (Å²) in [6.45, 7) is 4.54. The number of ether oxygens (including phenoxy) is 3. The largest absolute Gasteiger partial charge is 0.463 e. The van der Waals surface area contributed by atoms with E-state index in [0.717, 1.165) is 5.56 Å². The molecule has 1 rings (SSSR count). The normalized spacial score (nSPS) is 10.0. The molecule has 134 valence electrons. The summed E-state index contributed by atoms with van der Waals surface area (Å²) in [6, 6.07) is 8.94. The Kier molecular flexibility index (Phi) is 8.00. The minimum atomic E-state index is -2.27. The van der Waals surface area contributed by atoms with E-state index >= 15 is 0 Å². The lowest BCUT2D eigenvalue weighted by Gasteiger charge is -2.24. The summed E-state index contributed by atoms with van der Waals surface area (Å²) in [5, 5.41) is 2.19. The van der Waals surface area contributed by atoms with E-state index < -0.39 is 23.6 Å². The molecule has 1 aromatic rings. The Morgan fingerprint density at radius 2 is 1.56 bits per heavy atom. The second-order valence-electron chi connectivity index (χ2n) is 4.75. The Balaban J connectivity index is 2.97. The second-order valence-corrected chi connectivity index (χ2v) is 4.75. The Morgan fingerprint density at radius 1 is 1.00 bits per heavy atom. The van der Waals surface area contributed by atoms with E-state index in [1.54, 1.807) is 38.1 Å². The van der Waals surface area contributed by atoms with Crippen molar-refractivity contribution in [3.8, 4) is 11.8 Å². The molecule has 0 radical (unpaired) electrons. The monoisotopic (exact) mass is 347 g/mol. The topological polar surface area (TPSA) is 90.9 Å². The molecular weight excluding hydrogens is 326 g/mol. The van der Waals surface area contributed by atoms with Crippen LogP contribution in [0, 0.1) is 11.8 Å². The number of nitrogens with one attached hydrogen (secondary N) is 1. The molecule has 0 fully saturated rings. The molecule has 1 amide bonds. The highest BCUT2D eigenvalue weighted by molar-refractivity contribution is 6.11. The molecule has 0 saturated heterocycles. The van der Waals surface area contributed by atoms with Gasteiger partial charge in [-0.05, 0) is 26.3 Å². The number of amides is 1. The van der Waals surface area contributed by atoms with Gasteiger partial charge < -0.3 is 14.2 Å². The summed E-state index contributed by atoms with van der Waals surface area (Å²) in [6.07, 6.45) is -0.993. The van der Waals surface area contributed by atoms with E-state index in [9.17, 15) is 14.4 Å². The van der Waals surface area contributed by atoms with Crippen molar-refractivity contribution in [3.63, 3.8) is 0 Å². The highest BCUT2D eigenvalue weighted by Crippen LogP contribution is 2.12. The molecule has 0 heterocycles. The van der Waals surface area contributed by atoms with E-state index in [1.165, 1.54) is 6.92 Å². The molecule has 0 aliphatic rings. The van der Waals surface area contributed by atoms with Crippen LogP contribution >= 0.6 is 0 Å². The molecule has 0 aliphatic carbocycles. The van der Waals surface area contributed by atoms with E-state index in [-0.39, 0.29) is 19.8 Å². The molecule has 0 atom stereocenters. The van der Waals surface area contributed by atoms with Gasteiger partial charge in [0.25, 0.3) is 0 Å². The van der Waals surface area contributed by atoms with Gasteiger partial charge >= 0.3 is 23.6 Å². The van der Waals surface area contributed by atoms with Crippen molar-refractivity contribution in [3.05, 3.63) is 35.9 Å². The summed E-state index contributed by atoms with van der Waals surface area (Å²) in [7, 11) is 0. The van der Waals surface area contributed by atoms with E-state index in [4.69, 9.17) is 14.2 Å². The smallest absolute Gasteiger partial charge is 0.409 e. The summed E-state index contributed by atoms with van der Waals surface area (Å²) >= 11 is 0. The van der Waals surface area contributed by atoms with Crippen molar-refractivity contribution >= 4 is 18.0 Å². The molecule has 1 aromatic carbocycles. The first kappa shape index (κ1) is 20.0. The Morgan fingerprint density at radius 3 is 2.04 bits per heavy atom. The van der Waals surface area contributed by atoms with E-state index in [0.29, 0.717) is 0 Å². The van der Waals surface area contributed by atoms with Crippen LogP contribution in [-0.4, -0.2) is 36.8 Å². The molecule has 0 spiro atoms. The summed E-state index contributed by atoms with van der Waals surface area (Å²) in [5.74, 6) is 2.77. The molecule has 7 nitrogen and oxygen atoms in total. The third-order valence-corrected chi connectivity index (χ3v) is 2.98. The predicted molar refractivity (Wildman–Crippen MR) is 89.2 cm³/mol. The summed E-state index contributed by atoms with van der Waals surface area (Å²) < 4.78 is 14.8. The van der Waals surface area contributed by atoms with Crippen LogP contribution in [0.4, 0.5) is 4.79 Å². The molecule has 0 unspecified atom stereocenters. The molecule has 0 aliphatic heterocycles. The third-order valence-electron chi connectivity index (χ3n) is 2.98. The van der Waals surface area contributed by atoms with Gasteiger partial charge in [0.15, 0.2) is 0 Å². The van der Waals surface area contributed by atoms with Crippen LogP contribution in [0.2, 0.25) is 0 Å². The van der Waals surface area contributed by atoms with Crippen LogP contribution in [0.5, 0.6) is 0 Å². The fraction of sp³-hybridized carbons (Fsp3) is 0.389. The van der Waals surface area contributed by atoms with E-state index in [1.807, 2.05) is 6.07 Å². The van der Waals surface area contributed by atoms with Crippen LogP contribution in [0.1, 0.15) is 26.3 Å². The van der Waals surface area contributed by atoms with Crippen molar-refractivity contribution in [2.45, 2.75) is 32.9 Å². The zero-order chi connectivity index (χ0) is 18.7. The number of alkyl carbamates (subject to hydrolysis) is 1. The number of carbonyl (C=O) groups excluding carboxylic acids is 3. The minimum absolute atomic E-state index is 0.00608. The molecule has 0 saturated carbocycles. The van der Waals surface area contributed by atoms with E-state index in [2.05, 4.69) is 17.2 Å². The lowest BCUT2D eigenvalue weighted by Crippen LogP contribution is -2.60. The minimum Gasteiger partial charge on any atom is -0.463 e. The maximum absolute atomic E-state index is 12.3. The zero-order valence-electron chi connectivity index (χ0n) is 14.5. The Labute approximate surface area is 146 Å². The maximum Gasteiger partial charge on any atom is 0.409 e. The van der Waals surface area contributed by atoms with Gasteiger partial charge in [0.2, 0.25) is 0 Å². The number of hydrogen-bond acceptors (Lipinski definition) is 6. The van der Waals surface area contributed by atoms with Crippen LogP contribution in [0.3, 0.4) is 0 Å². The first-order valence-corrected chi connectivity index (χ1v) is 7.77. The molecule has 1 N–H and O–H groups in total. The van der Waals surface area contributed by atoms with Gasteiger partial charge in [0.05, 0.1) is 13.2 Å². The average Bonchev–Trinajstić information content (AvgIpc) is 2.60. The van der Waals surface area contributed by atoms with Crippen molar-refractivity contribution < 1.29 is 28.6 Å². The average molecular weight is 347 g/mol. The highest BCUT2D eigenvalue weighted by atomic mass is 16.6. The summed E-state index contributed by atoms with van der Waals surface area (Å²) in [4.78, 5) is 36.7. The fourth-order valence-corrected chi connectivity index (χ4v) is 1.90. The van der Waals surface area contributed by atoms with Gasteiger partial charge in [0, 0.05) is 0 Å². The number of rotatable bonds is 7. The SMILES string of the molecule is CC#CC(NC(=O)OCc1ccccc1)(C(=O)OCC)C(=O)OCC. The van der Waals surface area contributed by atoms with Gasteiger partial charge in [0.1, 0.15) is 6.61 Å². The van der Waals surface area contributed by atoms with Gasteiger partial charge in [-0.25, -0.2) is 14.4 Å². The molecular formula is C18H21NO6. The van der Waals surface area contributed by atoms with Crippen LogP contribution in [0.25, 0.3) is 0 Å². The lowest BCUT2D eigenvalue weighted by molar-refractivity contribution is -0.162. The van der Waals surface area contributed by atoms with Gasteiger partial charge in [-0.1, -0.05) is 36.3 Å². The first-order chi connectivity index (χ1) is 12.0. The quantitative estimate of drug-likeness (QED) is 0.350. The maximum atomic E-state index is 12.3. The molecule has 0 aromatic heterocycles. The Bertz CT molecular complexity index is 641. The van der Waals surface area contributed by atoms with Crippen molar-refractivity contribution in [2.24, 2.45) is 0 Å². The summed E-state index contributed by atoms with van der Waals surface area (Å²) in [5.41, 5.74) is -1.52. The number of carbonyl (C=O) groups is 3. The van der Waals surface area contributed by atoms with Gasteiger partial charge in [-0.15, -0.1) is 5.92 Å². The second kappa shape index (κ2) is 9.98. The first-order valence-electron chi connectivity index (χ1n) is 7.77. The lowest BCUT2D eigenvalue weighted by atomic mass is 10.0. The number of benzene rings is 1. The predicted octanol–water partition coefficient (Wildman–Crippen LogP) is 1.80. The third kappa shape index (κ3) is 5.53. The van der Waals surface area contributed by atoms with Crippen molar-refractivity contribution in [1.29, 1.82) is 0 Å². The highest BCUT2D eigenvalue weighted by Gasteiger charge is 2.50. The number of hydrogen-bond donors (Lipinski definition) is 1. The van der Waals surface area contributed by atoms with Crippen molar-refractivity contribution in [2.75, 3.05) is 13.2 Å². The zero-order valence-corrected chi connectivity index (χ0v) is 14.5. The molecule has 7 heteroatoms. The van der Waals surface area contributed by atoms with Crippen molar-refractivity contribution in [1.82, 2.24) is 5.32 Å². The van der Waals surface area contributed by atoms with Crippen LogP contribution in [-0.2, 0) is 30.4 Å². The Hall–Kier alpha value is -3.01. The van der Waals surface area contributed by atoms with Gasteiger partial charge in [-0.2, -0.15) is 0 Å².